The molecule has 0 N–H and O–H groups in total. The minimum absolute atomic E-state index is 0.0366. The van der Waals surface area contributed by atoms with Crippen LogP contribution in [0.15, 0.2) is 30.9 Å². The number of carbonyl (C=O) groups is 1. The summed E-state index contributed by atoms with van der Waals surface area (Å²) in [5.74, 6) is 1.84. The van der Waals surface area contributed by atoms with E-state index in [-0.39, 0.29) is 22.7 Å². The maximum absolute atomic E-state index is 13.5. The zero-order valence-corrected chi connectivity index (χ0v) is 16.7. The van der Waals surface area contributed by atoms with E-state index in [9.17, 15) is 9.18 Å². The lowest BCUT2D eigenvalue weighted by Crippen LogP contribution is -2.30. The van der Waals surface area contributed by atoms with Gasteiger partial charge in [0.2, 0.25) is 0 Å². The molecule has 148 valence electrons. The van der Waals surface area contributed by atoms with E-state index >= 15 is 0 Å². The van der Waals surface area contributed by atoms with Crippen LogP contribution in [0.4, 0.5) is 4.39 Å². The lowest BCUT2D eigenvalue weighted by atomic mass is 9.69. The first-order valence-electron chi connectivity index (χ1n) is 10.3. The molecule has 0 aromatic heterocycles. The highest BCUT2D eigenvalue weighted by molar-refractivity contribution is 6.30. The molecule has 4 heteroatoms. The van der Waals surface area contributed by atoms with Gasteiger partial charge in [-0.25, -0.2) is 4.39 Å². The Bertz CT molecular complexity index is 644. The molecule has 0 aliphatic heterocycles. The molecule has 0 bridgehead atoms. The van der Waals surface area contributed by atoms with Gasteiger partial charge in [0, 0.05) is 6.07 Å². The predicted molar refractivity (Wildman–Crippen MR) is 107 cm³/mol. The molecule has 2 saturated carbocycles. The fourth-order valence-electron chi connectivity index (χ4n) is 4.87. The largest absolute Gasteiger partial charge is 0.426 e. The molecule has 1 aromatic carbocycles. The van der Waals surface area contributed by atoms with Crippen molar-refractivity contribution >= 4 is 17.6 Å². The van der Waals surface area contributed by atoms with E-state index in [1.165, 1.54) is 44.2 Å². The van der Waals surface area contributed by atoms with Gasteiger partial charge >= 0.3 is 5.97 Å². The topological polar surface area (TPSA) is 26.3 Å². The van der Waals surface area contributed by atoms with Crippen LogP contribution in [0.1, 0.15) is 64.2 Å². The van der Waals surface area contributed by atoms with Gasteiger partial charge in [0.25, 0.3) is 0 Å². The lowest BCUT2D eigenvalue weighted by molar-refractivity contribution is -0.140. The molecular weight excluding hydrogens is 363 g/mol. The fourth-order valence-corrected chi connectivity index (χ4v) is 4.99. The van der Waals surface area contributed by atoms with Gasteiger partial charge in [0.15, 0.2) is 0 Å². The Morgan fingerprint density at radius 1 is 1.11 bits per heavy atom. The van der Waals surface area contributed by atoms with E-state index in [1.807, 2.05) is 6.08 Å². The summed E-state index contributed by atoms with van der Waals surface area (Å²) in [6, 6.07) is 4.14. The normalized spacial score (nSPS) is 28.5. The first-order chi connectivity index (χ1) is 13.1. The van der Waals surface area contributed by atoms with Crippen molar-refractivity contribution in [2.75, 3.05) is 0 Å². The summed E-state index contributed by atoms with van der Waals surface area (Å²) < 4.78 is 18.9. The minimum Gasteiger partial charge on any atom is -0.426 e. The van der Waals surface area contributed by atoms with Crippen molar-refractivity contribution in [1.29, 1.82) is 0 Å². The molecule has 2 fully saturated rings. The van der Waals surface area contributed by atoms with Crippen molar-refractivity contribution in [2.24, 2.45) is 23.7 Å². The molecule has 27 heavy (non-hydrogen) atoms. The van der Waals surface area contributed by atoms with Crippen molar-refractivity contribution in [2.45, 2.75) is 64.2 Å². The number of rotatable bonds is 6. The summed E-state index contributed by atoms with van der Waals surface area (Å²) >= 11 is 5.67. The van der Waals surface area contributed by atoms with Gasteiger partial charge in [-0.15, -0.1) is 6.58 Å². The van der Waals surface area contributed by atoms with E-state index in [2.05, 4.69) is 6.58 Å². The number of esters is 1. The third-order valence-corrected chi connectivity index (χ3v) is 6.86. The molecule has 0 atom stereocenters. The predicted octanol–water partition coefficient (Wildman–Crippen LogP) is 6.96. The Kier molecular flexibility index (Phi) is 7.34. The first kappa shape index (κ1) is 20.4. The molecular formula is C23H30ClFO2. The van der Waals surface area contributed by atoms with Crippen molar-refractivity contribution in [1.82, 2.24) is 0 Å². The van der Waals surface area contributed by atoms with Gasteiger partial charge in [0.1, 0.15) is 11.6 Å². The van der Waals surface area contributed by atoms with Gasteiger partial charge in [-0.05, 0) is 81.3 Å². The monoisotopic (exact) mass is 392 g/mol. The number of carbonyl (C=O) groups excluding carboxylic acids is 1. The second-order valence-corrected chi connectivity index (χ2v) is 8.66. The molecule has 0 unspecified atom stereocenters. The van der Waals surface area contributed by atoms with E-state index in [0.717, 1.165) is 49.9 Å². The molecule has 1 aromatic rings. The highest BCUT2D eigenvalue weighted by Crippen LogP contribution is 2.42. The third kappa shape index (κ3) is 5.57. The summed E-state index contributed by atoms with van der Waals surface area (Å²) in [6.45, 7) is 3.83. The van der Waals surface area contributed by atoms with Gasteiger partial charge in [-0.2, -0.15) is 0 Å². The summed E-state index contributed by atoms with van der Waals surface area (Å²) in [5, 5.41) is 0.0366. The molecule has 0 heterocycles. The van der Waals surface area contributed by atoms with Crippen LogP contribution < -0.4 is 4.74 Å². The standard InChI is InChI=1S/C23H30ClFO2/c1-2-3-4-16-5-7-17(8-6-16)18-9-11-19(12-10-18)23(26)27-20-13-14-21(24)22(25)15-20/h2,13-19H,1,3-12H2/t16-,17-,18-,19-. The van der Waals surface area contributed by atoms with Crippen LogP contribution in [0.5, 0.6) is 5.75 Å². The third-order valence-electron chi connectivity index (χ3n) is 6.55. The molecule has 0 amide bonds. The lowest BCUT2D eigenvalue weighted by Gasteiger charge is -2.37. The van der Waals surface area contributed by atoms with Crippen LogP contribution in [0.2, 0.25) is 5.02 Å². The van der Waals surface area contributed by atoms with Crippen LogP contribution in [0.3, 0.4) is 0 Å². The maximum atomic E-state index is 13.5. The molecule has 0 saturated heterocycles. The molecule has 2 aliphatic rings. The summed E-state index contributed by atoms with van der Waals surface area (Å²) in [7, 11) is 0. The number of hydrogen-bond donors (Lipinski definition) is 0. The quantitative estimate of drug-likeness (QED) is 0.297. The average molecular weight is 393 g/mol. The van der Waals surface area contributed by atoms with Crippen LogP contribution in [0.25, 0.3) is 0 Å². The molecule has 2 aliphatic carbocycles. The highest BCUT2D eigenvalue weighted by atomic mass is 35.5. The minimum atomic E-state index is -0.561. The SMILES string of the molecule is C=CCC[C@H]1CC[C@H]([C@H]2CC[C@H](C(=O)Oc3ccc(Cl)c(F)c3)CC2)CC1. The van der Waals surface area contributed by atoms with Crippen LogP contribution >= 0.6 is 11.6 Å². The van der Waals surface area contributed by atoms with Gasteiger partial charge in [0.05, 0.1) is 10.9 Å². The number of benzene rings is 1. The molecule has 2 nitrogen and oxygen atoms in total. The van der Waals surface area contributed by atoms with E-state index in [4.69, 9.17) is 16.3 Å². The Hall–Kier alpha value is -1.35. The number of allylic oxidation sites excluding steroid dienone is 1. The molecule has 0 spiro atoms. The number of hydrogen-bond acceptors (Lipinski definition) is 2. The zero-order valence-electron chi connectivity index (χ0n) is 16.0. The van der Waals surface area contributed by atoms with E-state index in [0.29, 0.717) is 0 Å². The Labute approximate surface area is 167 Å². The van der Waals surface area contributed by atoms with Crippen molar-refractivity contribution in [3.8, 4) is 5.75 Å². The smallest absolute Gasteiger partial charge is 0.314 e. The summed E-state index contributed by atoms with van der Waals surface area (Å²) in [5.41, 5.74) is 0. The van der Waals surface area contributed by atoms with Gasteiger partial charge in [-0.1, -0.05) is 30.5 Å². The molecule has 0 radical (unpaired) electrons. The first-order valence-corrected chi connectivity index (χ1v) is 10.7. The Morgan fingerprint density at radius 2 is 1.74 bits per heavy atom. The second kappa shape index (κ2) is 9.73. The Morgan fingerprint density at radius 3 is 2.33 bits per heavy atom. The molecule has 3 rings (SSSR count). The van der Waals surface area contributed by atoms with Crippen molar-refractivity contribution in [3.05, 3.63) is 41.7 Å². The zero-order chi connectivity index (χ0) is 19.2. The number of ether oxygens (including phenoxy) is 1. The van der Waals surface area contributed by atoms with E-state index in [1.54, 1.807) is 6.07 Å². The summed E-state index contributed by atoms with van der Waals surface area (Å²) in [4.78, 5) is 12.4. The second-order valence-electron chi connectivity index (χ2n) is 8.26. The maximum Gasteiger partial charge on any atom is 0.314 e. The van der Waals surface area contributed by atoms with Crippen LogP contribution in [-0.2, 0) is 4.79 Å². The Balaban J connectivity index is 1.42. The van der Waals surface area contributed by atoms with Crippen molar-refractivity contribution in [3.63, 3.8) is 0 Å². The van der Waals surface area contributed by atoms with Crippen molar-refractivity contribution < 1.29 is 13.9 Å². The number of halogens is 2. The fraction of sp³-hybridized carbons (Fsp3) is 0.609. The highest BCUT2D eigenvalue weighted by Gasteiger charge is 2.33. The van der Waals surface area contributed by atoms with Gasteiger partial charge < -0.3 is 4.74 Å². The average Bonchev–Trinajstić information content (AvgIpc) is 2.70. The van der Waals surface area contributed by atoms with Crippen LogP contribution in [0, 0.1) is 29.5 Å². The van der Waals surface area contributed by atoms with E-state index < -0.39 is 5.82 Å². The van der Waals surface area contributed by atoms with Gasteiger partial charge in [-0.3, -0.25) is 4.79 Å². The summed E-state index contributed by atoms with van der Waals surface area (Å²) in [6.07, 6.45) is 13.8. The van der Waals surface area contributed by atoms with Crippen LogP contribution in [-0.4, -0.2) is 5.97 Å².